The van der Waals surface area contributed by atoms with E-state index in [-0.39, 0.29) is 23.8 Å². The van der Waals surface area contributed by atoms with Crippen molar-refractivity contribution in [2.75, 3.05) is 6.54 Å². The minimum absolute atomic E-state index is 0.123. The molecule has 0 spiro atoms. The topological polar surface area (TPSA) is 134 Å². The molecule has 0 saturated heterocycles. The second-order valence-corrected chi connectivity index (χ2v) is 7.31. The van der Waals surface area contributed by atoms with Crippen LogP contribution in [0.2, 0.25) is 0 Å². The van der Waals surface area contributed by atoms with Gasteiger partial charge in [-0.25, -0.2) is 14.3 Å². The number of nitrogens with one attached hydrogen (secondary N) is 3. The van der Waals surface area contributed by atoms with E-state index in [1.165, 1.54) is 16.8 Å². The van der Waals surface area contributed by atoms with E-state index in [1.54, 1.807) is 24.3 Å². The third-order valence-electron chi connectivity index (χ3n) is 5.01. The van der Waals surface area contributed by atoms with Gasteiger partial charge in [0, 0.05) is 25.2 Å². The molecule has 0 bridgehead atoms. The van der Waals surface area contributed by atoms with E-state index in [9.17, 15) is 14.4 Å². The third kappa shape index (κ3) is 3.54. The highest BCUT2D eigenvalue weighted by Gasteiger charge is 2.23. The second kappa shape index (κ2) is 7.14. The highest BCUT2D eigenvalue weighted by molar-refractivity contribution is 5.98. The number of hydrogen-bond acceptors (Lipinski definition) is 6. The Morgan fingerprint density at radius 2 is 2.03 bits per heavy atom. The summed E-state index contributed by atoms with van der Waals surface area (Å²) in [6.07, 6.45) is 3.78. The Hall–Kier alpha value is -3.95. The average molecular weight is 406 g/mol. The van der Waals surface area contributed by atoms with Crippen molar-refractivity contribution in [3.8, 4) is 0 Å². The first kappa shape index (κ1) is 18.1. The summed E-state index contributed by atoms with van der Waals surface area (Å²) >= 11 is 0. The molecule has 0 radical (unpaired) electrons. The number of oxazole rings is 1. The number of carbonyl (C=O) groups is 2. The number of benzene rings is 1. The number of H-pyrrole nitrogens is 1. The summed E-state index contributed by atoms with van der Waals surface area (Å²) in [4.78, 5) is 43.4. The summed E-state index contributed by atoms with van der Waals surface area (Å²) in [5, 5.41) is 9.80. The fourth-order valence-electron chi connectivity index (χ4n) is 3.22. The third-order valence-corrected chi connectivity index (χ3v) is 5.01. The van der Waals surface area contributed by atoms with Crippen molar-refractivity contribution >= 4 is 28.6 Å². The molecule has 2 amide bonds. The van der Waals surface area contributed by atoms with Crippen molar-refractivity contribution in [1.82, 2.24) is 30.2 Å². The zero-order valence-corrected chi connectivity index (χ0v) is 15.8. The van der Waals surface area contributed by atoms with Crippen molar-refractivity contribution in [2.45, 2.75) is 19.4 Å². The zero-order valence-electron chi connectivity index (χ0n) is 15.8. The molecule has 152 valence electrons. The van der Waals surface area contributed by atoms with Crippen LogP contribution in [0.4, 0.5) is 0 Å². The minimum atomic E-state index is -0.531. The predicted octanol–water partition coefficient (Wildman–Crippen LogP) is 1.23. The van der Waals surface area contributed by atoms with E-state index in [0.29, 0.717) is 29.2 Å². The molecule has 3 N–H and O–H groups in total. The highest BCUT2D eigenvalue weighted by Crippen LogP contribution is 2.27. The lowest BCUT2D eigenvalue weighted by Crippen LogP contribution is -2.29. The number of fused-ring (bicyclic) bond motifs is 2. The molecule has 0 unspecified atom stereocenters. The lowest BCUT2D eigenvalue weighted by atomic mass is 10.2. The number of rotatable bonds is 6. The van der Waals surface area contributed by atoms with Gasteiger partial charge in [0.2, 0.25) is 0 Å². The maximum atomic E-state index is 12.7. The van der Waals surface area contributed by atoms with Gasteiger partial charge in [-0.05, 0) is 36.5 Å². The molecule has 10 heteroatoms. The van der Waals surface area contributed by atoms with Gasteiger partial charge < -0.3 is 15.1 Å². The first-order valence-corrected chi connectivity index (χ1v) is 9.60. The normalized spacial score (nSPS) is 13.6. The summed E-state index contributed by atoms with van der Waals surface area (Å²) in [5.74, 6) is -0.705. The Bertz CT molecular complexity index is 1330. The van der Waals surface area contributed by atoms with Crippen LogP contribution in [-0.4, -0.2) is 37.9 Å². The molecule has 1 saturated carbocycles. The molecule has 10 nitrogen and oxygen atoms in total. The molecule has 0 atom stereocenters. The monoisotopic (exact) mass is 406 g/mol. The van der Waals surface area contributed by atoms with Crippen LogP contribution < -0.4 is 16.4 Å². The van der Waals surface area contributed by atoms with E-state index in [2.05, 4.69) is 25.7 Å². The van der Waals surface area contributed by atoms with Gasteiger partial charge >= 0.3 is 5.76 Å². The second-order valence-electron chi connectivity index (χ2n) is 7.31. The maximum Gasteiger partial charge on any atom is 0.417 e. The predicted molar refractivity (Wildman–Crippen MR) is 106 cm³/mol. The van der Waals surface area contributed by atoms with Crippen molar-refractivity contribution in [3.05, 3.63) is 64.0 Å². The molecule has 3 heterocycles. The number of hydrogen-bond donors (Lipinski definition) is 3. The smallest absolute Gasteiger partial charge is 0.408 e. The first-order valence-electron chi connectivity index (χ1n) is 9.60. The van der Waals surface area contributed by atoms with Gasteiger partial charge in [-0.3, -0.25) is 14.6 Å². The first-order chi connectivity index (χ1) is 14.6. The average Bonchev–Trinajstić information content (AvgIpc) is 3.31. The van der Waals surface area contributed by atoms with E-state index < -0.39 is 11.7 Å². The Morgan fingerprint density at radius 3 is 2.87 bits per heavy atom. The highest BCUT2D eigenvalue weighted by atomic mass is 16.4. The molecular weight excluding hydrogens is 388 g/mol. The quantitative estimate of drug-likeness (QED) is 0.441. The Morgan fingerprint density at radius 1 is 1.17 bits per heavy atom. The fraction of sp³-hybridized carbons (Fsp3) is 0.250. The standard InChI is InChI=1S/C20H18N6O4/c27-18(21-10-12-3-4-16-13(7-12)25-20(29)30-16)14-8-15(19(28)22-9-11-1-2-11)26-17(24-14)5-6-23-26/h3-8,11H,1-2,9-10H2,(H,21,27)(H,22,28)(H,25,29). The Labute approximate surface area is 169 Å². The van der Waals surface area contributed by atoms with Crippen molar-refractivity contribution in [2.24, 2.45) is 5.92 Å². The molecule has 5 rings (SSSR count). The fourth-order valence-corrected chi connectivity index (χ4v) is 3.22. The van der Waals surface area contributed by atoms with Crippen LogP contribution in [0.5, 0.6) is 0 Å². The van der Waals surface area contributed by atoms with Crippen molar-refractivity contribution < 1.29 is 14.0 Å². The van der Waals surface area contributed by atoms with Gasteiger partial charge in [-0.1, -0.05) is 6.07 Å². The van der Waals surface area contributed by atoms with Gasteiger partial charge in [0.1, 0.15) is 11.4 Å². The molecule has 4 aromatic rings. The summed E-state index contributed by atoms with van der Waals surface area (Å²) in [6.45, 7) is 0.835. The number of aromatic nitrogens is 4. The van der Waals surface area contributed by atoms with Crippen LogP contribution >= 0.6 is 0 Å². The van der Waals surface area contributed by atoms with E-state index in [0.717, 1.165) is 18.4 Å². The van der Waals surface area contributed by atoms with Crippen LogP contribution in [0, 0.1) is 5.92 Å². The molecule has 1 aliphatic rings. The zero-order chi connectivity index (χ0) is 20.7. The van der Waals surface area contributed by atoms with Crippen LogP contribution in [0.3, 0.4) is 0 Å². The summed E-state index contributed by atoms with van der Waals surface area (Å²) in [7, 11) is 0. The number of carbonyl (C=O) groups excluding carboxylic acids is 2. The van der Waals surface area contributed by atoms with Crippen LogP contribution in [0.25, 0.3) is 16.7 Å². The SMILES string of the molecule is O=C(NCc1ccc2oc(=O)[nH]c2c1)c1cc(C(=O)NCC2CC2)n2nccc2n1. The van der Waals surface area contributed by atoms with E-state index >= 15 is 0 Å². The molecular formula is C20H18N6O4. The van der Waals surface area contributed by atoms with Gasteiger partial charge in [-0.2, -0.15) is 5.10 Å². The van der Waals surface area contributed by atoms with Gasteiger partial charge in [-0.15, -0.1) is 0 Å². The van der Waals surface area contributed by atoms with E-state index in [1.807, 2.05) is 0 Å². The number of nitrogens with zero attached hydrogens (tertiary/aromatic N) is 3. The van der Waals surface area contributed by atoms with Crippen LogP contribution in [0.15, 0.2) is 45.7 Å². The van der Waals surface area contributed by atoms with E-state index in [4.69, 9.17) is 4.42 Å². The maximum absolute atomic E-state index is 12.7. The number of amides is 2. The van der Waals surface area contributed by atoms with Gasteiger partial charge in [0.05, 0.1) is 11.7 Å². The van der Waals surface area contributed by atoms with Gasteiger partial charge in [0.25, 0.3) is 11.8 Å². The lowest BCUT2D eigenvalue weighted by Gasteiger charge is -2.09. The molecule has 3 aromatic heterocycles. The molecule has 1 aromatic carbocycles. The minimum Gasteiger partial charge on any atom is -0.408 e. The lowest BCUT2D eigenvalue weighted by molar-refractivity contribution is 0.0943. The number of aromatic amines is 1. The Balaban J connectivity index is 1.35. The summed E-state index contributed by atoms with van der Waals surface area (Å²) < 4.78 is 6.39. The molecule has 0 aliphatic heterocycles. The molecule has 30 heavy (non-hydrogen) atoms. The molecule has 1 fully saturated rings. The van der Waals surface area contributed by atoms with Crippen molar-refractivity contribution in [1.29, 1.82) is 0 Å². The largest absolute Gasteiger partial charge is 0.417 e. The van der Waals surface area contributed by atoms with Crippen LogP contribution in [-0.2, 0) is 6.54 Å². The summed E-state index contributed by atoms with van der Waals surface area (Å²) in [6, 6.07) is 8.22. The van der Waals surface area contributed by atoms with Gasteiger partial charge in [0.15, 0.2) is 11.2 Å². The molecule has 1 aliphatic carbocycles. The van der Waals surface area contributed by atoms with Crippen molar-refractivity contribution in [3.63, 3.8) is 0 Å². The van der Waals surface area contributed by atoms with Crippen LogP contribution in [0.1, 0.15) is 39.4 Å². The summed E-state index contributed by atoms with van der Waals surface area (Å²) in [5.41, 5.74) is 2.58. The Kier molecular flexibility index (Phi) is 4.31.